The summed E-state index contributed by atoms with van der Waals surface area (Å²) < 4.78 is 21.5. The van der Waals surface area contributed by atoms with Crippen molar-refractivity contribution in [2.24, 2.45) is 0 Å². The highest BCUT2D eigenvalue weighted by Crippen LogP contribution is 2.30. The van der Waals surface area contributed by atoms with Crippen molar-refractivity contribution < 1.29 is 28.5 Å². The van der Waals surface area contributed by atoms with Crippen LogP contribution in [0.5, 0.6) is 17.2 Å². The Bertz CT molecular complexity index is 825. The highest BCUT2D eigenvalue weighted by molar-refractivity contribution is 5.98. The Morgan fingerprint density at radius 3 is 2.39 bits per heavy atom. The van der Waals surface area contributed by atoms with Crippen molar-refractivity contribution in [2.45, 2.75) is 26.2 Å². The first-order chi connectivity index (χ1) is 13.5. The molecule has 6 heteroatoms. The van der Waals surface area contributed by atoms with Gasteiger partial charge in [0.05, 0.1) is 13.2 Å². The molecule has 6 nitrogen and oxygen atoms in total. The molecule has 0 fully saturated rings. The van der Waals surface area contributed by atoms with Gasteiger partial charge < -0.3 is 18.9 Å². The molecule has 1 heterocycles. The first-order valence-electron chi connectivity index (χ1n) is 9.34. The molecule has 2 aromatic rings. The summed E-state index contributed by atoms with van der Waals surface area (Å²) in [4.78, 5) is 24.1. The first kappa shape index (κ1) is 19.7. The molecule has 148 valence electrons. The van der Waals surface area contributed by atoms with Gasteiger partial charge >= 0.3 is 5.97 Å². The van der Waals surface area contributed by atoms with Crippen molar-refractivity contribution in [3.8, 4) is 17.2 Å². The predicted molar refractivity (Wildman–Crippen MR) is 103 cm³/mol. The number of carbonyl (C=O) groups is 2. The maximum atomic E-state index is 12.3. The predicted octanol–water partition coefficient (Wildman–Crippen LogP) is 3.78. The Labute approximate surface area is 164 Å². The molecule has 1 aliphatic rings. The minimum Gasteiger partial charge on any atom is -0.490 e. The van der Waals surface area contributed by atoms with E-state index in [1.54, 1.807) is 18.2 Å². The van der Waals surface area contributed by atoms with E-state index in [-0.39, 0.29) is 19.0 Å². The van der Waals surface area contributed by atoms with Crippen molar-refractivity contribution in [3.05, 3.63) is 53.6 Å². The van der Waals surface area contributed by atoms with Gasteiger partial charge in [0, 0.05) is 12.0 Å². The number of benzene rings is 2. The molecule has 0 amide bonds. The van der Waals surface area contributed by atoms with E-state index < -0.39 is 5.97 Å². The molecule has 0 N–H and O–H groups in total. The average molecular weight is 384 g/mol. The Morgan fingerprint density at radius 2 is 1.68 bits per heavy atom. The van der Waals surface area contributed by atoms with E-state index in [4.69, 9.17) is 18.9 Å². The molecule has 0 radical (unpaired) electrons. The molecule has 28 heavy (non-hydrogen) atoms. The molecule has 0 atom stereocenters. The third kappa shape index (κ3) is 5.25. The summed E-state index contributed by atoms with van der Waals surface area (Å²) in [6.45, 7) is 4.72. The normalized spacial score (nSPS) is 13.0. The van der Waals surface area contributed by atoms with E-state index in [1.165, 1.54) is 5.56 Å². The zero-order valence-electron chi connectivity index (χ0n) is 16.1. The second-order valence-corrected chi connectivity index (χ2v) is 6.81. The maximum Gasteiger partial charge on any atom is 0.344 e. The van der Waals surface area contributed by atoms with Gasteiger partial charge in [-0.25, -0.2) is 4.79 Å². The van der Waals surface area contributed by atoms with Gasteiger partial charge in [0.15, 0.2) is 30.5 Å². The van der Waals surface area contributed by atoms with Gasteiger partial charge in [-0.05, 0) is 41.8 Å². The lowest BCUT2D eigenvalue weighted by atomic mass is 10.0. The van der Waals surface area contributed by atoms with Crippen LogP contribution < -0.4 is 14.2 Å². The van der Waals surface area contributed by atoms with Crippen LogP contribution in [0.3, 0.4) is 0 Å². The summed E-state index contributed by atoms with van der Waals surface area (Å²) in [5.41, 5.74) is 1.60. The highest BCUT2D eigenvalue weighted by Gasteiger charge is 2.16. The van der Waals surface area contributed by atoms with E-state index in [9.17, 15) is 9.59 Å². The van der Waals surface area contributed by atoms with Crippen LogP contribution in [-0.2, 0) is 9.53 Å². The number of hydrogen-bond donors (Lipinski definition) is 0. The fourth-order valence-corrected chi connectivity index (χ4v) is 2.70. The molecule has 0 bridgehead atoms. The Balaban J connectivity index is 1.47. The van der Waals surface area contributed by atoms with Gasteiger partial charge in [-0.2, -0.15) is 0 Å². The summed E-state index contributed by atoms with van der Waals surface area (Å²) in [7, 11) is 0. The lowest BCUT2D eigenvalue weighted by Crippen LogP contribution is -2.19. The summed E-state index contributed by atoms with van der Waals surface area (Å²) in [5, 5.41) is 0. The molecule has 0 saturated carbocycles. The van der Waals surface area contributed by atoms with Gasteiger partial charge in [-0.1, -0.05) is 26.0 Å². The molecule has 0 aliphatic carbocycles. The van der Waals surface area contributed by atoms with Gasteiger partial charge in [0.2, 0.25) is 0 Å². The van der Waals surface area contributed by atoms with Crippen LogP contribution in [0, 0.1) is 0 Å². The number of fused-ring (bicyclic) bond motifs is 1. The van der Waals surface area contributed by atoms with Crippen LogP contribution in [0.4, 0.5) is 0 Å². The smallest absolute Gasteiger partial charge is 0.344 e. The zero-order valence-corrected chi connectivity index (χ0v) is 16.1. The number of esters is 1. The minimum absolute atomic E-state index is 0.255. The molecule has 0 saturated heterocycles. The molecule has 0 unspecified atom stereocenters. The monoisotopic (exact) mass is 384 g/mol. The fraction of sp³-hybridized carbons (Fsp3) is 0.364. The number of ether oxygens (including phenoxy) is 4. The molecule has 1 aliphatic heterocycles. The highest BCUT2D eigenvalue weighted by atomic mass is 16.6. The van der Waals surface area contributed by atoms with E-state index in [0.29, 0.717) is 41.9 Å². The van der Waals surface area contributed by atoms with Crippen LogP contribution >= 0.6 is 0 Å². The van der Waals surface area contributed by atoms with E-state index >= 15 is 0 Å². The van der Waals surface area contributed by atoms with E-state index in [0.717, 1.165) is 6.42 Å². The molecule has 3 rings (SSSR count). The molecule has 0 spiro atoms. The third-order valence-corrected chi connectivity index (χ3v) is 4.34. The van der Waals surface area contributed by atoms with Crippen molar-refractivity contribution in [2.75, 3.05) is 26.4 Å². The molecule has 0 aromatic heterocycles. The first-order valence-corrected chi connectivity index (χ1v) is 9.34. The van der Waals surface area contributed by atoms with Crippen molar-refractivity contribution in [3.63, 3.8) is 0 Å². The number of carbonyl (C=O) groups excluding carboxylic acids is 2. The van der Waals surface area contributed by atoms with Crippen molar-refractivity contribution >= 4 is 11.8 Å². The lowest BCUT2D eigenvalue weighted by molar-refractivity contribution is -0.144. The molecular weight excluding hydrogens is 360 g/mol. The van der Waals surface area contributed by atoms with E-state index in [2.05, 4.69) is 13.8 Å². The number of rotatable bonds is 7. The molecule has 2 aromatic carbocycles. The number of hydrogen-bond acceptors (Lipinski definition) is 6. The molecular formula is C22H24O6. The van der Waals surface area contributed by atoms with Crippen LogP contribution in [0.15, 0.2) is 42.5 Å². The summed E-state index contributed by atoms with van der Waals surface area (Å²) in [6.07, 6.45) is 0.787. The van der Waals surface area contributed by atoms with E-state index in [1.807, 2.05) is 24.3 Å². The number of Topliss-reactive ketones (excluding diaryl/α,β-unsaturated/α-hetero) is 1. The Kier molecular flexibility index (Phi) is 6.53. The average Bonchev–Trinajstić information content (AvgIpc) is 2.95. The zero-order chi connectivity index (χ0) is 19.9. The van der Waals surface area contributed by atoms with Crippen LogP contribution in [0.2, 0.25) is 0 Å². The second kappa shape index (κ2) is 9.26. The van der Waals surface area contributed by atoms with Crippen LogP contribution in [0.1, 0.15) is 42.1 Å². The summed E-state index contributed by atoms with van der Waals surface area (Å²) in [5.74, 6) is 1.23. The summed E-state index contributed by atoms with van der Waals surface area (Å²) in [6, 6.07) is 12.5. The topological polar surface area (TPSA) is 71.1 Å². The number of ketones is 1. The van der Waals surface area contributed by atoms with Crippen LogP contribution in [-0.4, -0.2) is 38.2 Å². The minimum atomic E-state index is -0.601. The van der Waals surface area contributed by atoms with Gasteiger partial charge in [-0.3, -0.25) is 4.79 Å². The lowest BCUT2D eigenvalue weighted by Gasteiger charge is -2.10. The van der Waals surface area contributed by atoms with Gasteiger partial charge in [0.25, 0.3) is 0 Å². The second-order valence-electron chi connectivity index (χ2n) is 6.81. The Hall–Kier alpha value is -3.02. The third-order valence-electron chi connectivity index (χ3n) is 4.34. The van der Waals surface area contributed by atoms with Gasteiger partial charge in [-0.15, -0.1) is 0 Å². The van der Waals surface area contributed by atoms with Crippen molar-refractivity contribution in [1.29, 1.82) is 0 Å². The fourth-order valence-electron chi connectivity index (χ4n) is 2.70. The SMILES string of the molecule is CC(C)c1ccc(OCC(=O)OCC(=O)c2ccc3c(c2)OCCCO3)cc1. The standard InChI is InChI=1S/C22H24O6/c1-15(2)16-4-7-18(8-5-16)27-14-22(24)28-13-19(23)17-6-9-20-21(12-17)26-11-3-10-25-20/h4-9,12,15H,3,10-11,13-14H2,1-2H3. The largest absolute Gasteiger partial charge is 0.490 e. The summed E-state index contributed by atoms with van der Waals surface area (Å²) >= 11 is 0. The maximum absolute atomic E-state index is 12.3. The quantitative estimate of drug-likeness (QED) is 0.534. The van der Waals surface area contributed by atoms with Crippen LogP contribution in [0.25, 0.3) is 0 Å². The Morgan fingerprint density at radius 1 is 0.964 bits per heavy atom. The van der Waals surface area contributed by atoms with Gasteiger partial charge in [0.1, 0.15) is 5.75 Å². The van der Waals surface area contributed by atoms with Crippen molar-refractivity contribution in [1.82, 2.24) is 0 Å².